The van der Waals surface area contributed by atoms with E-state index >= 15 is 0 Å². The van der Waals surface area contributed by atoms with Crippen LogP contribution in [0.3, 0.4) is 0 Å². The van der Waals surface area contributed by atoms with Gasteiger partial charge in [-0.1, -0.05) is 46.3 Å². The molecule has 0 radical (unpaired) electrons. The number of hydrogen-bond acceptors (Lipinski definition) is 4. The number of alkyl halides is 1. The summed E-state index contributed by atoms with van der Waals surface area (Å²) in [5.41, 5.74) is 2.55. The van der Waals surface area contributed by atoms with Gasteiger partial charge in [0.2, 0.25) is 0 Å². The molecular formula is C17H15BrO4. The first-order valence-corrected chi connectivity index (χ1v) is 7.78. The fourth-order valence-electron chi connectivity index (χ4n) is 1.84. The molecule has 114 valence electrons. The van der Waals surface area contributed by atoms with Crippen molar-refractivity contribution < 1.29 is 19.1 Å². The average molecular weight is 363 g/mol. The van der Waals surface area contributed by atoms with E-state index < -0.39 is 5.97 Å². The summed E-state index contributed by atoms with van der Waals surface area (Å²) >= 11 is 3.38. The molecule has 0 aliphatic heterocycles. The quantitative estimate of drug-likeness (QED) is 0.338. The summed E-state index contributed by atoms with van der Waals surface area (Å²) in [6.45, 7) is 1.67. The number of rotatable bonds is 6. The lowest BCUT2D eigenvalue weighted by Gasteiger charge is -2.12. The Balaban J connectivity index is 2.15. The first-order valence-electron chi connectivity index (χ1n) is 6.66. The summed E-state index contributed by atoms with van der Waals surface area (Å²) < 4.78 is 10.9. The largest absolute Gasteiger partial charge is 0.485 e. The van der Waals surface area contributed by atoms with Crippen molar-refractivity contribution in [3.05, 3.63) is 59.2 Å². The molecule has 0 heterocycles. The fraction of sp³-hybridized carbons (Fsp3) is 0.176. The van der Waals surface area contributed by atoms with E-state index in [1.807, 2.05) is 24.3 Å². The normalized spacial score (nSPS) is 10.1. The predicted molar refractivity (Wildman–Crippen MR) is 86.5 cm³/mol. The highest BCUT2D eigenvalue weighted by atomic mass is 79.9. The van der Waals surface area contributed by atoms with Crippen LogP contribution in [-0.4, -0.2) is 12.3 Å². The van der Waals surface area contributed by atoms with Crippen LogP contribution in [0, 0.1) is 0 Å². The third kappa shape index (κ3) is 4.43. The maximum absolute atomic E-state index is 11.1. The van der Waals surface area contributed by atoms with Crippen LogP contribution in [-0.2, 0) is 16.7 Å². The Kier molecular flexibility index (Phi) is 5.72. The Morgan fingerprint density at radius 3 is 2.36 bits per heavy atom. The molecular weight excluding hydrogens is 348 g/mol. The second kappa shape index (κ2) is 7.75. The number of carbonyl (C=O) groups excluding carboxylic acids is 2. The molecule has 0 amide bonds. The molecule has 4 nitrogen and oxygen atoms in total. The molecule has 0 unspecified atom stereocenters. The van der Waals surface area contributed by atoms with Gasteiger partial charge in [0.25, 0.3) is 0 Å². The molecule has 0 spiro atoms. The topological polar surface area (TPSA) is 52.6 Å². The van der Waals surface area contributed by atoms with Crippen molar-refractivity contribution in [3.63, 3.8) is 0 Å². The Labute approximate surface area is 137 Å². The molecule has 5 heteroatoms. The molecule has 0 aromatic heterocycles. The lowest BCUT2D eigenvalue weighted by atomic mass is 10.1. The Bertz CT molecular complexity index is 665. The molecule has 0 bridgehead atoms. The van der Waals surface area contributed by atoms with Crippen LogP contribution in [0.2, 0.25) is 0 Å². The van der Waals surface area contributed by atoms with Crippen molar-refractivity contribution >= 4 is 28.2 Å². The molecule has 0 atom stereocenters. The Morgan fingerprint density at radius 2 is 1.77 bits per heavy atom. The summed E-state index contributed by atoms with van der Waals surface area (Å²) in [6, 6.07) is 12.5. The van der Waals surface area contributed by atoms with Crippen molar-refractivity contribution in [1.82, 2.24) is 0 Å². The predicted octanol–water partition coefficient (Wildman–Crippen LogP) is 3.90. The minimum Gasteiger partial charge on any atom is -0.485 e. The number of hydrogen-bond donors (Lipinski definition) is 0. The summed E-state index contributed by atoms with van der Waals surface area (Å²) in [4.78, 5) is 21.8. The van der Waals surface area contributed by atoms with Gasteiger partial charge in [-0.25, -0.2) is 0 Å². The van der Waals surface area contributed by atoms with E-state index in [1.165, 1.54) is 6.92 Å². The third-order valence-corrected chi connectivity index (χ3v) is 3.57. The molecule has 22 heavy (non-hydrogen) atoms. The van der Waals surface area contributed by atoms with E-state index in [1.54, 1.807) is 18.2 Å². The second-order valence-corrected chi connectivity index (χ2v) is 5.22. The van der Waals surface area contributed by atoms with Gasteiger partial charge in [-0.05, 0) is 23.3 Å². The van der Waals surface area contributed by atoms with Crippen LogP contribution < -0.4 is 9.47 Å². The minimum absolute atomic E-state index is 0.319. The minimum atomic E-state index is -0.397. The van der Waals surface area contributed by atoms with Crippen LogP contribution in [0.5, 0.6) is 11.5 Å². The van der Waals surface area contributed by atoms with Gasteiger partial charge in [0.05, 0.1) is 0 Å². The summed E-state index contributed by atoms with van der Waals surface area (Å²) in [5, 5.41) is 0.678. The molecule has 2 rings (SSSR count). The van der Waals surface area contributed by atoms with Crippen molar-refractivity contribution in [2.45, 2.75) is 18.9 Å². The van der Waals surface area contributed by atoms with Crippen molar-refractivity contribution in [2.24, 2.45) is 0 Å². The second-order valence-electron chi connectivity index (χ2n) is 4.66. The summed E-state index contributed by atoms with van der Waals surface area (Å²) in [6.07, 6.45) is 0.795. The Hall–Kier alpha value is -2.14. The zero-order chi connectivity index (χ0) is 15.9. The van der Waals surface area contributed by atoms with Crippen molar-refractivity contribution in [2.75, 3.05) is 0 Å². The van der Waals surface area contributed by atoms with Gasteiger partial charge in [0.1, 0.15) is 12.9 Å². The lowest BCUT2D eigenvalue weighted by Crippen LogP contribution is -2.05. The number of benzene rings is 2. The third-order valence-electron chi connectivity index (χ3n) is 2.93. The standard InChI is InChI=1S/C17H15BrO4/c1-12(20)22-16-7-6-15(9-18)8-17(16)21-11-14-4-2-13(10-19)3-5-14/h2-8,10H,9,11H2,1H3. The van der Waals surface area contributed by atoms with Gasteiger partial charge in [0.15, 0.2) is 11.5 Å². The molecule has 2 aromatic carbocycles. The van der Waals surface area contributed by atoms with Gasteiger partial charge in [-0.3, -0.25) is 9.59 Å². The van der Waals surface area contributed by atoms with Crippen molar-refractivity contribution in [3.8, 4) is 11.5 Å². The highest BCUT2D eigenvalue weighted by Gasteiger charge is 2.09. The zero-order valence-corrected chi connectivity index (χ0v) is 13.6. The number of halogens is 1. The van der Waals surface area contributed by atoms with Gasteiger partial charge >= 0.3 is 5.97 Å². The fourth-order valence-corrected chi connectivity index (χ4v) is 2.19. The van der Waals surface area contributed by atoms with E-state index in [-0.39, 0.29) is 0 Å². The highest BCUT2D eigenvalue weighted by molar-refractivity contribution is 9.08. The maximum atomic E-state index is 11.1. The highest BCUT2D eigenvalue weighted by Crippen LogP contribution is 2.30. The van der Waals surface area contributed by atoms with Crippen LogP contribution in [0.15, 0.2) is 42.5 Å². The number of aldehydes is 1. The van der Waals surface area contributed by atoms with Crippen LogP contribution >= 0.6 is 15.9 Å². The smallest absolute Gasteiger partial charge is 0.308 e. The number of esters is 1. The first-order chi connectivity index (χ1) is 10.6. The number of carbonyl (C=O) groups is 2. The molecule has 0 fully saturated rings. The molecule has 0 saturated heterocycles. The van der Waals surface area contributed by atoms with E-state index in [9.17, 15) is 9.59 Å². The lowest BCUT2D eigenvalue weighted by molar-refractivity contribution is -0.132. The van der Waals surface area contributed by atoms with Crippen LogP contribution in [0.1, 0.15) is 28.4 Å². The molecule has 0 saturated carbocycles. The zero-order valence-electron chi connectivity index (χ0n) is 12.0. The first kappa shape index (κ1) is 16.2. The Morgan fingerprint density at radius 1 is 1.09 bits per heavy atom. The molecule has 0 aliphatic carbocycles. The SMILES string of the molecule is CC(=O)Oc1ccc(CBr)cc1OCc1ccc(C=O)cc1. The summed E-state index contributed by atoms with van der Waals surface area (Å²) in [5.74, 6) is 0.500. The van der Waals surface area contributed by atoms with E-state index in [4.69, 9.17) is 9.47 Å². The summed E-state index contributed by atoms with van der Waals surface area (Å²) in [7, 11) is 0. The molecule has 0 N–H and O–H groups in total. The van der Waals surface area contributed by atoms with Crippen LogP contribution in [0.25, 0.3) is 0 Å². The van der Waals surface area contributed by atoms with Gasteiger partial charge < -0.3 is 9.47 Å². The average Bonchev–Trinajstić information content (AvgIpc) is 2.54. The molecule has 0 aliphatic rings. The monoisotopic (exact) mass is 362 g/mol. The van der Waals surface area contributed by atoms with Gasteiger partial charge in [-0.2, -0.15) is 0 Å². The van der Waals surface area contributed by atoms with Crippen molar-refractivity contribution in [1.29, 1.82) is 0 Å². The van der Waals surface area contributed by atoms with Gasteiger partial charge in [-0.15, -0.1) is 0 Å². The van der Waals surface area contributed by atoms with Crippen LogP contribution in [0.4, 0.5) is 0 Å². The van der Waals surface area contributed by atoms with E-state index in [2.05, 4.69) is 15.9 Å². The van der Waals surface area contributed by atoms with E-state index in [0.717, 1.165) is 17.4 Å². The van der Waals surface area contributed by atoms with E-state index in [0.29, 0.717) is 29.0 Å². The van der Waals surface area contributed by atoms with Gasteiger partial charge in [0, 0.05) is 17.8 Å². The maximum Gasteiger partial charge on any atom is 0.308 e. The number of ether oxygens (including phenoxy) is 2. The molecule has 2 aromatic rings.